The lowest BCUT2D eigenvalue weighted by Gasteiger charge is -2.13. The predicted octanol–water partition coefficient (Wildman–Crippen LogP) is 2.65. The number of benzene rings is 1. The van der Waals surface area contributed by atoms with E-state index in [-0.39, 0.29) is 6.10 Å². The SMILES string of the molecule is NC(=O)c1sc(Cl)cc1C[C@H]1CN(c2ccc(N)cc2)C(=O)O1. The minimum Gasteiger partial charge on any atom is -0.444 e. The second kappa shape index (κ2) is 6.10. The van der Waals surface area contributed by atoms with Gasteiger partial charge in [0.25, 0.3) is 5.91 Å². The van der Waals surface area contributed by atoms with Crippen molar-refractivity contribution in [3.8, 4) is 0 Å². The summed E-state index contributed by atoms with van der Waals surface area (Å²) < 4.78 is 5.85. The summed E-state index contributed by atoms with van der Waals surface area (Å²) in [4.78, 5) is 25.4. The Kier molecular flexibility index (Phi) is 4.14. The van der Waals surface area contributed by atoms with Gasteiger partial charge in [0.15, 0.2) is 0 Å². The van der Waals surface area contributed by atoms with E-state index in [2.05, 4.69) is 0 Å². The average Bonchev–Trinajstić information content (AvgIpc) is 3.03. The fourth-order valence-corrected chi connectivity index (χ4v) is 3.63. The van der Waals surface area contributed by atoms with Crippen molar-refractivity contribution < 1.29 is 14.3 Å². The van der Waals surface area contributed by atoms with E-state index in [0.717, 1.165) is 11.3 Å². The number of nitrogens with zero attached hydrogens (tertiary/aromatic N) is 1. The summed E-state index contributed by atoms with van der Waals surface area (Å²) in [5.41, 5.74) is 13.0. The molecule has 3 rings (SSSR count). The zero-order valence-corrected chi connectivity index (χ0v) is 13.6. The number of nitrogens with two attached hydrogens (primary N) is 2. The monoisotopic (exact) mass is 351 g/mol. The van der Waals surface area contributed by atoms with Crippen LogP contribution in [0.3, 0.4) is 0 Å². The lowest BCUT2D eigenvalue weighted by Crippen LogP contribution is -2.25. The molecule has 0 spiro atoms. The summed E-state index contributed by atoms with van der Waals surface area (Å²) in [5.74, 6) is -0.531. The molecule has 8 heteroatoms. The summed E-state index contributed by atoms with van der Waals surface area (Å²) >= 11 is 7.07. The average molecular weight is 352 g/mol. The van der Waals surface area contributed by atoms with Gasteiger partial charge in [-0.25, -0.2) is 4.79 Å². The minimum atomic E-state index is -0.531. The topological polar surface area (TPSA) is 98.7 Å². The molecule has 2 heterocycles. The van der Waals surface area contributed by atoms with Crippen LogP contribution in [0, 0.1) is 0 Å². The minimum absolute atomic E-state index is 0.371. The first kappa shape index (κ1) is 15.6. The first-order valence-electron chi connectivity index (χ1n) is 6.85. The maximum Gasteiger partial charge on any atom is 0.414 e. The smallest absolute Gasteiger partial charge is 0.414 e. The highest BCUT2D eigenvalue weighted by Crippen LogP contribution is 2.30. The van der Waals surface area contributed by atoms with Crippen LogP contribution in [0.1, 0.15) is 15.2 Å². The molecule has 4 N–H and O–H groups in total. The van der Waals surface area contributed by atoms with Crippen LogP contribution in [0.15, 0.2) is 30.3 Å². The number of nitrogen functional groups attached to an aromatic ring is 1. The zero-order valence-electron chi connectivity index (χ0n) is 12.0. The lowest BCUT2D eigenvalue weighted by molar-refractivity contribution is 0.100. The molecule has 2 amide bonds. The van der Waals surface area contributed by atoms with Crippen molar-refractivity contribution in [2.24, 2.45) is 5.73 Å². The summed E-state index contributed by atoms with van der Waals surface area (Å²) in [5, 5.41) is 0. The maximum atomic E-state index is 12.0. The van der Waals surface area contributed by atoms with Gasteiger partial charge in [-0.3, -0.25) is 9.69 Å². The molecule has 1 aromatic heterocycles. The summed E-state index contributed by atoms with van der Waals surface area (Å²) in [7, 11) is 0. The zero-order chi connectivity index (χ0) is 16.6. The molecule has 0 bridgehead atoms. The number of anilines is 2. The highest BCUT2D eigenvalue weighted by molar-refractivity contribution is 7.18. The Morgan fingerprint density at radius 2 is 2.09 bits per heavy atom. The first-order chi connectivity index (χ1) is 10.9. The van der Waals surface area contributed by atoms with E-state index in [1.54, 1.807) is 30.3 Å². The van der Waals surface area contributed by atoms with Crippen molar-refractivity contribution >= 4 is 46.3 Å². The normalized spacial score (nSPS) is 17.3. The van der Waals surface area contributed by atoms with Crippen LogP contribution < -0.4 is 16.4 Å². The highest BCUT2D eigenvalue weighted by atomic mass is 35.5. The largest absolute Gasteiger partial charge is 0.444 e. The second-order valence-corrected chi connectivity index (χ2v) is 6.86. The summed E-state index contributed by atoms with van der Waals surface area (Å²) in [6.07, 6.45) is -0.413. The van der Waals surface area contributed by atoms with Crippen molar-refractivity contribution in [2.45, 2.75) is 12.5 Å². The number of carbonyl (C=O) groups is 2. The molecular weight excluding hydrogens is 338 g/mol. The van der Waals surface area contributed by atoms with Crippen LogP contribution in [-0.4, -0.2) is 24.6 Å². The summed E-state index contributed by atoms with van der Waals surface area (Å²) in [6, 6.07) is 8.65. The Balaban J connectivity index is 1.75. The Labute approximate surface area is 141 Å². The second-order valence-electron chi connectivity index (χ2n) is 5.18. The first-order valence-corrected chi connectivity index (χ1v) is 8.05. The van der Waals surface area contributed by atoms with Crippen molar-refractivity contribution in [3.63, 3.8) is 0 Å². The van der Waals surface area contributed by atoms with E-state index in [1.165, 1.54) is 4.90 Å². The van der Waals surface area contributed by atoms with Crippen molar-refractivity contribution in [3.05, 3.63) is 45.1 Å². The summed E-state index contributed by atoms with van der Waals surface area (Å²) in [6.45, 7) is 0.383. The molecule has 120 valence electrons. The standard InChI is InChI=1S/C15H14ClN3O3S/c16-12-6-8(13(23-12)14(18)20)5-11-7-19(15(21)22-11)10-3-1-9(17)2-4-10/h1-4,6,11H,5,7,17H2,(H2,18,20)/t11-/m0/s1. The van der Waals surface area contributed by atoms with Gasteiger partial charge in [-0.15, -0.1) is 11.3 Å². The number of amides is 2. The van der Waals surface area contributed by atoms with Gasteiger partial charge in [0.2, 0.25) is 0 Å². The fraction of sp³-hybridized carbons (Fsp3) is 0.200. The molecule has 6 nitrogen and oxygen atoms in total. The molecule has 1 atom stereocenters. The molecular formula is C15H14ClN3O3S. The van der Waals surface area contributed by atoms with Crippen LogP contribution in [0.2, 0.25) is 4.34 Å². The highest BCUT2D eigenvalue weighted by Gasteiger charge is 2.33. The van der Waals surface area contributed by atoms with Gasteiger partial charge in [0, 0.05) is 17.8 Å². The third-order valence-corrected chi connectivity index (χ3v) is 4.85. The van der Waals surface area contributed by atoms with E-state index < -0.39 is 12.0 Å². The lowest BCUT2D eigenvalue weighted by atomic mass is 10.1. The third-order valence-electron chi connectivity index (χ3n) is 3.53. The molecule has 0 radical (unpaired) electrons. The molecule has 0 saturated carbocycles. The Bertz CT molecular complexity index is 760. The number of ether oxygens (including phenoxy) is 1. The quantitative estimate of drug-likeness (QED) is 0.827. The van der Waals surface area contributed by atoms with E-state index in [9.17, 15) is 9.59 Å². The maximum absolute atomic E-state index is 12.0. The van der Waals surface area contributed by atoms with Gasteiger partial charge in [0.05, 0.1) is 15.8 Å². The van der Waals surface area contributed by atoms with Crippen molar-refractivity contribution in [2.75, 3.05) is 17.2 Å². The van der Waals surface area contributed by atoms with Crippen LogP contribution in [0.25, 0.3) is 0 Å². The molecule has 1 aliphatic rings. The predicted molar refractivity (Wildman–Crippen MR) is 90.0 cm³/mol. The number of primary amides is 1. The third kappa shape index (κ3) is 3.25. The van der Waals surface area contributed by atoms with E-state index in [0.29, 0.717) is 39.1 Å². The van der Waals surface area contributed by atoms with E-state index in [1.807, 2.05) is 0 Å². The molecule has 1 aromatic carbocycles. The Hall–Kier alpha value is -2.25. The molecule has 1 saturated heterocycles. The van der Waals surface area contributed by atoms with Gasteiger partial charge in [-0.1, -0.05) is 11.6 Å². The van der Waals surface area contributed by atoms with Gasteiger partial charge in [-0.2, -0.15) is 0 Å². The number of cyclic esters (lactones) is 1. The number of hydrogen-bond donors (Lipinski definition) is 2. The van der Waals surface area contributed by atoms with Crippen LogP contribution >= 0.6 is 22.9 Å². The molecule has 1 aliphatic heterocycles. The number of hydrogen-bond acceptors (Lipinski definition) is 5. The number of thiophene rings is 1. The molecule has 23 heavy (non-hydrogen) atoms. The van der Waals surface area contributed by atoms with Gasteiger partial charge < -0.3 is 16.2 Å². The number of halogens is 1. The van der Waals surface area contributed by atoms with Crippen LogP contribution in [-0.2, 0) is 11.2 Å². The van der Waals surface area contributed by atoms with Crippen molar-refractivity contribution in [1.29, 1.82) is 0 Å². The molecule has 2 aromatic rings. The van der Waals surface area contributed by atoms with Crippen LogP contribution in [0.4, 0.5) is 16.2 Å². The fourth-order valence-electron chi connectivity index (χ4n) is 2.49. The number of carbonyl (C=O) groups excluding carboxylic acids is 2. The van der Waals surface area contributed by atoms with Gasteiger partial charge >= 0.3 is 6.09 Å². The van der Waals surface area contributed by atoms with Gasteiger partial charge in [0.1, 0.15) is 6.10 Å². The molecule has 0 unspecified atom stereocenters. The van der Waals surface area contributed by atoms with E-state index >= 15 is 0 Å². The van der Waals surface area contributed by atoms with Crippen molar-refractivity contribution in [1.82, 2.24) is 0 Å². The van der Waals surface area contributed by atoms with Gasteiger partial charge in [-0.05, 0) is 35.9 Å². The Morgan fingerprint density at radius 3 is 2.74 bits per heavy atom. The molecule has 0 aliphatic carbocycles. The Morgan fingerprint density at radius 1 is 1.39 bits per heavy atom. The number of rotatable bonds is 4. The molecule has 1 fully saturated rings. The van der Waals surface area contributed by atoms with E-state index in [4.69, 9.17) is 27.8 Å². The van der Waals surface area contributed by atoms with Crippen LogP contribution in [0.5, 0.6) is 0 Å².